The summed E-state index contributed by atoms with van der Waals surface area (Å²) in [4.78, 5) is 26.6. The smallest absolute Gasteiger partial charge is 0.253 e. The third-order valence-corrected chi connectivity index (χ3v) is 5.46. The first-order valence-electron chi connectivity index (χ1n) is 9.48. The zero-order chi connectivity index (χ0) is 17.6. The second-order valence-corrected chi connectivity index (χ2v) is 7.36. The van der Waals surface area contributed by atoms with Crippen molar-refractivity contribution in [3.8, 4) is 0 Å². The summed E-state index contributed by atoms with van der Waals surface area (Å²) in [6.07, 6.45) is 5.44. The van der Waals surface area contributed by atoms with Crippen LogP contribution in [0.1, 0.15) is 48.0 Å². The Morgan fingerprint density at radius 2 is 1.84 bits per heavy atom. The molecule has 1 saturated carbocycles. The number of benzene rings is 1. The molecular weight excluding hydrogens is 314 g/mol. The van der Waals surface area contributed by atoms with E-state index in [1.165, 1.54) is 12.8 Å². The van der Waals surface area contributed by atoms with Gasteiger partial charge >= 0.3 is 0 Å². The van der Waals surface area contributed by atoms with Gasteiger partial charge in [0, 0.05) is 31.1 Å². The van der Waals surface area contributed by atoms with Crippen LogP contribution in [0.5, 0.6) is 0 Å². The normalized spacial score (nSPS) is 20.8. The fourth-order valence-electron chi connectivity index (χ4n) is 3.94. The highest BCUT2D eigenvalue weighted by atomic mass is 16.2. The molecule has 2 N–H and O–H groups in total. The molecule has 1 aliphatic carbocycles. The average Bonchev–Trinajstić information content (AvgIpc) is 3.32. The van der Waals surface area contributed by atoms with Crippen molar-refractivity contribution >= 4 is 11.8 Å². The Morgan fingerprint density at radius 3 is 2.52 bits per heavy atom. The highest BCUT2D eigenvalue weighted by Gasteiger charge is 2.26. The molecule has 1 unspecified atom stereocenters. The van der Waals surface area contributed by atoms with Gasteiger partial charge in [-0.25, -0.2) is 0 Å². The maximum Gasteiger partial charge on any atom is 0.253 e. The number of amides is 2. The molecule has 2 aliphatic rings. The zero-order valence-corrected chi connectivity index (χ0v) is 15.1. The van der Waals surface area contributed by atoms with Crippen molar-refractivity contribution in [2.24, 2.45) is 11.8 Å². The zero-order valence-electron chi connectivity index (χ0n) is 15.1. The molecule has 2 amide bonds. The lowest BCUT2D eigenvalue weighted by Crippen LogP contribution is -2.30. The molecule has 1 aliphatic heterocycles. The molecular formula is C20H29N3O2. The predicted octanol–water partition coefficient (Wildman–Crippen LogP) is 2.17. The predicted molar refractivity (Wildman–Crippen MR) is 98.2 cm³/mol. The molecule has 1 aromatic carbocycles. The van der Waals surface area contributed by atoms with E-state index in [0.29, 0.717) is 12.5 Å². The van der Waals surface area contributed by atoms with Crippen LogP contribution in [0.2, 0.25) is 0 Å². The molecule has 1 atom stereocenters. The maximum absolute atomic E-state index is 12.6. The topological polar surface area (TPSA) is 61.4 Å². The Balaban J connectivity index is 1.50. The second-order valence-electron chi connectivity index (χ2n) is 7.36. The van der Waals surface area contributed by atoms with Crippen LogP contribution in [0, 0.1) is 11.8 Å². The average molecular weight is 343 g/mol. The molecule has 0 spiro atoms. The number of rotatable bonds is 6. The van der Waals surface area contributed by atoms with Crippen LogP contribution >= 0.6 is 0 Å². The molecule has 1 aromatic rings. The van der Waals surface area contributed by atoms with Gasteiger partial charge in [0.1, 0.15) is 0 Å². The second kappa shape index (κ2) is 8.48. The van der Waals surface area contributed by atoms with Crippen LogP contribution in [0.4, 0.5) is 0 Å². The molecule has 5 heteroatoms. The van der Waals surface area contributed by atoms with Crippen molar-refractivity contribution in [1.82, 2.24) is 15.5 Å². The summed E-state index contributed by atoms with van der Waals surface area (Å²) in [5, 5.41) is 6.21. The van der Waals surface area contributed by atoms with Gasteiger partial charge in [-0.3, -0.25) is 9.59 Å². The van der Waals surface area contributed by atoms with Gasteiger partial charge in [-0.15, -0.1) is 0 Å². The monoisotopic (exact) mass is 343 g/mol. The minimum Gasteiger partial charge on any atom is -0.352 e. The third kappa shape index (κ3) is 4.60. The molecule has 1 heterocycles. The van der Waals surface area contributed by atoms with Crippen LogP contribution in [-0.2, 0) is 11.3 Å². The molecule has 0 radical (unpaired) electrons. The lowest BCUT2D eigenvalue weighted by Gasteiger charge is -2.17. The van der Waals surface area contributed by atoms with Crippen LogP contribution in [0.3, 0.4) is 0 Å². The van der Waals surface area contributed by atoms with Crippen molar-refractivity contribution in [3.63, 3.8) is 0 Å². The number of likely N-dealkylation sites (tertiary alicyclic amines) is 1. The summed E-state index contributed by atoms with van der Waals surface area (Å²) in [6, 6.07) is 7.65. The Morgan fingerprint density at radius 1 is 1.12 bits per heavy atom. The summed E-state index contributed by atoms with van der Waals surface area (Å²) >= 11 is 0. The van der Waals surface area contributed by atoms with E-state index in [1.54, 1.807) is 0 Å². The Kier molecular flexibility index (Phi) is 6.08. The molecule has 136 valence electrons. The van der Waals surface area contributed by atoms with E-state index in [1.807, 2.05) is 36.2 Å². The summed E-state index contributed by atoms with van der Waals surface area (Å²) in [6.45, 7) is 3.17. The number of hydrogen-bond acceptors (Lipinski definition) is 3. The lowest BCUT2D eigenvalue weighted by atomic mass is 10.1. The van der Waals surface area contributed by atoms with Gasteiger partial charge in [0.15, 0.2) is 0 Å². The molecule has 1 saturated heterocycles. The van der Waals surface area contributed by atoms with Crippen LogP contribution in [0.15, 0.2) is 24.3 Å². The molecule has 0 aromatic heterocycles. The van der Waals surface area contributed by atoms with E-state index in [2.05, 4.69) is 10.6 Å². The SMILES string of the molecule is CNCC1CCN(C(=O)c2ccc(CNC(=O)C3CCCC3)cc2)C1. The molecule has 3 rings (SSSR count). The van der Waals surface area contributed by atoms with Gasteiger partial charge in [0.2, 0.25) is 5.91 Å². The van der Waals surface area contributed by atoms with Gasteiger partial charge < -0.3 is 15.5 Å². The fraction of sp³-hybridized carbons (Fsp3) is 0.600. The summed E-state index contributed by atoms with van der Waals surface area (Å²) < 4.78 is 0. The van der Waals surface area contributed by atoms with E-state index in [0.717, 1.165) is 50.0 Å². The first kappa shape index (κ1) is 17.9. The van der Waals surface area contributed by atoms with E-state index in [4.69, 9.17) is 0 Å². The van der Waals surface area contributed by atoms with E-state index in [9.17, 15) is 9.59 Å². The Labute approximate surface area is 150 Å². The Bertz CT molecular complexity index is 593. The highest BCUT2D eigenvalue weighted by molar-refractivity contribution is 5.94. The standard InChI is InChI=1S/C20H29N3O2/c1-21-12-16-10-11-23(14-16)20(25)18-8-6-15(7-9-18)13-22-19(24)17-4-2-3-5-17/h6-9,16-17,21H,2-5,10-14H2,1H3,(H,22,24). The van der Waals surface area contributed by atoms with Crippen molar-refractivity contribution in [1.29, 1.82) is 0 Å². The van der Waals surface area contributed by atoms with Gasteiger partial charge in [-0.1, -0.05) is 25.0 Å². The number of carbonyl (C=O) groups excluding carboxylic acids is 2. The number of hydrogen-bond donors (Lipinski definition) is 2. The van der Waals surface area contributed by atoms with E-state index in [-0.39, 0.29) is 17.7 Å². The highest BCUT2D eigenvalue weighted by Crippen LogP contribution is 2.24. The van der Waals surface area contributed by atoms with Crippen LogP contribution < -0.4 is 10.6 Å². The molecule has 0 bridgehead atoms. The first-order valence-corrected chi connectivity index (χ1v) is 9.48. The van der Waals surface area contributed by atoms with Crippen LogP contribution in [0.25, 0.3) is 0 Å². The van der Waals surface area contributed by atoms with Crippen molar-refractivity contribution in [3.05, 3.63) is 35.4 Å². The summed E-state index contributed by atoms with van der Waals surface area (Å²) in [5.74, 6) is 1.03. The minimum atomic E-state index is 0.111. The summed E-state index contributed by atoms with van der Waals surface area (Å²) in [5.41, 5.74) is 1.77. The van der Waals surface area contributed by atoms with Gasteiger partial charge in [-0.2, -0.15) is 0 Å². The van der Waals surface area contributed by atoms with Gasteiger partial charge in [-0.05, 0) is 56.5 Å². The lowest BCUT2D eigenvalue weighted by molar-refractivity contribution is -0.124. The van der Waals surface area contributed by atoms with Crippen molar-refractivity contribution in [2.75, 3.05) is 26.7 Å². The first-order chi connectivity index (χ1) is 12.2. The maximum atomic E-state index is 12.6. The largest absolute Gasteiger partial charge is 0.352 e. The minimum absolute atomic E-state index is 0.111. The van der Waals surface area contributed by atoms with E-state index < -0.39 is 0 Å². The quantitative estimate of drug-likeness (QED) is 0.832. The number of nitrogens with zero attached hydrogens (tertiary/aromatic N) is 1. The van der Waals surface area contributed by atoms with Crippen LogP contribution in [-0.4, -0.2) is 43.4 Å². The molecule has 5 nitrogen and oxygen atoms in total. The van der Waals surface area contributed by atoms with Crippen molar-refractivity contribution in [2.45, 2.75) is 38.6 Å². The van der Waals surface area contributed by atoms with E-state index >= 15 is 0 Å². The third-order valence-electron chi connectivity index (χ3n) is 5.46. The molecule has 2 fully saturated rings. The van der Waals surface area contributed by atoms with Gasteiger partial charge in [0.05, 0.1) is 0 Å². The van der Waals surface area contributed by atoms with Crippen molar-refractivity contribution < 1.29 is 9.59 Å². The number of nitrogens with one attached hydrogen (secondary N) is 2. The molecule has 25 heavy (non-hydrogen) atoms. The Hall–Kier alpha value is -1.88. The fourth-order valence-corrected chi connectivity index (χ4v) is 3.94. The van der Waals surface area contributed by atoms with Gasteiger partial charge in [0.25, 0.3) is 5.91 Å². The summed E-state index contributed by atoms with van der Waals surface area (Å²) in [7, 11) is 1.95. The number of carbonyl (C=O) groups is 2.